The molecule has 4 rings (SSSR count). The number of hydrogen-bond donors (Lipinski definition) is 3. The average molecular weight is 529 g/mol. The van der Waals surface area contributed by atoms with E-state index in [4.69, 9.17) is 18.0 Å². The third kappa shape index (κ3) is 4.55. The Morgan fingerprint density at radius 3 is 2.56 bits per heavy atom. The number of primary amides is 1. The van der Waals surface area contributed by atoms with E-state index < -0.39 is 5.91 Å². The van der Waals surface area contributed by atoms with E-state index in [9.17, 15) is 9.59 Å². The number of anilines is 2. The van der Waals surface area contributed by atoms with Crippen LogP contribution in [-0.4, -0.2) is 28.4 Å². The number of thiocarbonyl (C=S) groups is 1. The molecule has 6 nitrogen and oxygen atoms in total. The third-order valence-corrected chi connectivity index (χ3v) is 7.51. The second-order valence-corrected chi connectivity index (χ2v) is 9.77. The van der Waals surface area contributed by atoms with E-state index in [0.717, 1.165) is 21.7 Å². The van der Waals surface area contributed by atoms with E-state index in [1.807, 2.05) is 37.3 Å². The van der Waals surface area contributed by atoms with Gasteiger partial charge >= 0.3 is 0 Å². The maximum absolute atomic E-state index is 12.8. The summed E-state index contributed by atoms with van der Waals surface area (Å²) in [5.41, 5.74) is 9.54. The zero-order chi connectivity index (χ0) is 22.8. The summed E-state index contributed by atoms with van der Waals surface area (Å²) in [7, 11) is 0. The van der Waals surface area contributed by atoms with Gasteiger partial charge in [0.1, 0.15) is 5.00 Å². The summed E-state index contributed by atoms with van der Waals surface area (Å²) >= 11 is 10.4. The first kappa shape index (κ1) is 22.4. The number of nitrogens with zero attached hydrogens (tertiary/aromatic N) is 1. The Hall–Kier alpha value is -2.75. The lowest BCUT2D eigenvalue weighted by molar-refractivity contribution is 0.1000. The van der Waals surface area contributed by atoms with Gasteiger partial charge in [-0.3, -0.25) is 9.59 Å². The van der Waals surface area contributed by atoms with Gasteiger partial charge in [-0.05, 0) is 70.8 Å². The van der Waals surface area contributed by atoms with Crippen molar-refractivity contribution in [3.05, 3.63) is 80.1 Å². The predicted molar refractivity (Wildman–Crippen MR) is 136 cm³/mol. The average Bonchev–Trinajstić information content (AvgIpc) is 3.12. The second kappa shape index (κ2) is 9.40. The van der Waals surface area contributed by atoms with Crippen LogP contribution in [-0.2, 0) is 13.0 Å². The van der Waals surface area contributed by atoms with Crippen molar-refractivity contribution in [2.75, 3.05) is 17.2 Å². The van der Waals surface area contributed by atoms with Crippen LogP contribution in [0.25, 0.3) is 0 Å². The number of hydrogen-bond acceptors (Lipinski definition) is 4. The monoisotopic (exact) mass is 528 g/mol. The Labute approximate surface area is 203 Å². The molecule has 9 heteroatoms. The van der Waals surface area contributed by atoms with Gasteiger partial charge < -0.3 is 21.3 Å². The van der Waals surface area contributed by atoms with Gasteiger partial charge in [0.05, 0.1) is 17.7 Å². The molecule has 2 amide bonds. The lowest BCUT2D eigenvalue weighted by Gasteiger charge is -2.30. The molecular weight excluding hydrogens is 508 g/mol. The highest BCUT2D eigenvalue weighted by Gasteiger charge is 2.29. The molecule has 0 spiro atoms. The van der Waals surface area contributed by atoms with Crippen molar-refractivity contribution >= 4 is 67.1 Å². The smallest absolute Gasteiger partial charge is 0.257 e. The van der Waals surface area contributed by atoms with Crippen molar-refractivity contribution in [1.82, 2.24) is 4.90 Å². The lowest BCUT2D eigenvalue weighted by Crippen LogP contribution is -2.38. The summed E-state index contributed by atoms with van der Waals surface area (Å²) in [5.74, 6) is -0.842. The van der Waals surface area contributed by atoms with E-state index in [2.05, 4.69) is 31.5 Å². The molecule has 4 N–H and O–H groups in total. The van der Waals surface area contributed by atoms with Crippen molar-refractivity contribution in [3.8, 4) is 0 Å². The molecule has 1 aliphatic heterocycles. The van der Waals surface area contributed by atoms with Crippen LogP contribution in [0.15, 0.2) is 53.0 Å². The van der Waals surface area contributed by atoms with Gasteiger partial charge in [-0.2, -0.15) is 0 Å². The zero-order valence-electron chi connectivity index (χ0n) is 17.3. The number of nitrogens with two attached hydrogens (primary N) is 1. The minimum atomic E-state index is -0.543. The van der Waals surface area contributed by atoms with Gasteiger partial charge in [-0.1, -0.05) is 30.3 Å². The standard InChI is InChI=1S/C23H21BrN4O2S2/c1-13-6-2-5-9-17(13)26-23(31)28-11-10-15-18(12-28)32-22(19(15)20(25)29)27-21(30)14-7-3-4-8-16(14)24/h2-9H,10-12H2,1H3,(H2,25,29)(H,26,31)(H,27,30). The fraction of sp³-hybridized carbons (Fsp3) is 0.174. The molecule has 32 heavy (non-hydrogen) atoms. The SMILES string of the molecule is Cc1ccccc1NC(=S)N1CCc2c(sc(NC(=O)c3ccccc3Br)c2C(N)=O)C1. The van der Waals surface area contributed by atoms with Gasteiger partial charge in [-0.25, -0.2) is 0 Å². The van der Waals surface area contributed by atoms with E-state index in [1.165, 1.54) is 11.3 Å². The summed E-state index contributed by atoms with van der Waals surface area (Å²) in [6, 6.07) is 15.1. The van der Waals surface area contributed by atoms with E-state index >= 15 is 0 Å². The van der Waals surface area contributed by atoms with Gasteiger partial charge in [0.2, 0.25) is 0 Å². The van der Waals surface area contributed by atoms with E-state index in [-0.39, 0.29) is 5.91 Å². The predicted octanol–water partition coefficient (Wildman–Crippen LogP) is 4.93. The van der Waals surface area contributed by atoms with Gasteiger partial charge in [-0.15, -0.1) is 11.3 Å². The highest BCUT2D eigenvalue weighted by atomic mass is 79.9. The first-order valence-corrected chi connectivity index (χ1v) is 12.0. The topological polar surface area (TPSA) is 87.5 Å². The van der Waals surface area contributed by atoms with Crippen LogP contribution >= 0.6 is 39.5 Å². The summed E-state index contributed by atoms with van der Waals surface area (Å²) in [6.45, 7) is 3.22. The summed E-state index contributed by atoms with van der Waals surface area (Å²) < 4.78 is 0.679. The van der Waals surface area contributed by atoms with Crippen molar-refractivity contribution in [1.29, 1.82) is 0 Å². The fourth-order valence-electron chi connectivity index (χ4n) is 3.65. The number of thiophene rings is 1. The highest BCUT2D eigenvalue weighted by Crippen LogP contribution is 2.37. The van der Waals surface area contributed by atoms with Crippen LogP contribution in [0.4, 0.5) is 10.7 Å². The number of carbonyl (C=O) groups is 2. The van der Waals surface area contributed by atoms with Gasteiger partial charge in [0, 0.05) is 21.6 Å². The Kier molecular flexibility index (Phi) is 6.59. The minimum absolute atomic E-state index is 0.299. The Morgan fingerprint density at radius 2 is 1.84 bits per heavy atom. The number of carbonyl (C=O) groups excluding carboxylic acids is 2. The Balaban J connectivity index is 1.56. The molecular formula is C23H21BrN4O2S2. The van der Waals surface area contributed by atoms with E-state index in [1.54, 1.807) is 18.2 Å². The van der Waals surface area contributed by atoms with Gasteiger partial charge in [0.15, 0.2) is 5.11 Å². The number of benzene rings is 2. The molecule has 0 aliphatic carbocycles. The number of rotatable bonds is 4. The first-order chi connectivity index (χ1) is 15.3. The Morgan fingerprint density at radius 1 is 1.12 bits per heavy atom. The maximum atomic E-state index is 12.8. The number of nitrogens with one attached hydrogen (secondary N) is 2. The molecule has 0 atom stereocenters. The third-order valence-electron chi connectivity index (χ3n) is 5.32. The highest BCUT2D eigenvalue weighted by molar-refractivity contribution is 9.10. The van der Waals surface area contributed by atoms with Crippen LogP contribution in [0, 0.1) is 6.92 Å². The molecule has 0 saturated carbocycles. The van der Waals surface area contributed by atoms with Crippen molar-refractivity contribution in [3.63, 3.8) is 0 Å². The number of amides is 2. The van der Waals surface area contributed by atoms with E-state index in [0.29, 0.717) is 45.2 Å². The maximum Gasteiger partial charge on any atom is 0.257 e. The molecule has 1 aromatic heterocycles. The van der Waals surface area contributed by atoms with Crippen LogP contribution in [0.3, 0.4) is 0 Å². The second-order valence-electron chi connectivity index (χ2n) is 7.42. The first-order valence-electron chi connectivity index (χ1n) is 9.97. The molecule has 1 aliphatic rings. The van der Waals surface area contributed by atoms with Gasteiger partial charge in [0.25, 0.3) is 11.8 Å². The number of aryl methyl sites for hydroxylation is 1. The Bertz CT molecular complexity index is 1220. The summed E-state index contributed by atoms with van der Waals surface area (Å²) in [5, 5.41) is 7.29. The van der Waals surface area contributed by atoms with Crippen molar-refractivity contribution < 1.29 is 9.59 Å². The van der Waals surface area contributed by atoms with Crippen LogP contribution in [0.1, 0.15) is 36.7 Å². The fourth-order valence-corrected chi connectivity index (χ4v) is 5.64. The quantitative estimate of drug-likeness (QED) is 0.418. The molecule has 0 unspecified atom stereocenters. The number of fused-ring (bicyclic) bond motifs is 1. The molecule has 0 bridgehead atoms. The molecule has 0 radical (unpaired) electrons. The molecule has 0 fully saturated rings. The minimum Gasteiger partial charge on any atom is -0.365 e. The van der Waals surface area contributed by atoms with Crippen molar-refractivity contribution in [2.24, 2.45) is 5.73 Å². The molecule has 2 heterocycles. The lowest BCUT2D eigenvalue weighted by atomic mass is 10.0. The van der Waals surface area contributed by atoms with Crippen LogP contribution in [0.5, 0.6) is 0 Å². The normalized spacial score (nSPS) is 12.8. The molecule has 3 aromatic rings. The van der Waals surface area contributed by atoms with Crippen LogP contribution < -0.4 is 16.4 Å². The summed E-state index contributed by atoms with van der Waals surface area (Å²) in [4.78, 5) is 28.1. The number of para-hydroxylation sites is 1. The summed E-state index contributed by atoms with van der Waals surface area (Å²) in [6.07, 6.45) is 0.616. The molecule has 164 valence electrons. The van der Waals surface area contributed by atoms with Crippen molar-refractivity contribution in [2.45, 2.75) is 19.9 Å². The zero-order valence-corrected chi connectivity index (χ0v) is 20.5. The number of halogens is 1. The molecule has 2 aromatic carbocycles. The molecule has 0 saturated heterocycles. The van der Waals surface area contributed by atoms with Crippen LogP contribution in [0.2, 0.25) is 0 Å². The largest absolute Gasteiger partial charge is 0.365 e.